The molecule has 2 N–H and O–H groups in total. The van der Waals surface area contributed by atoms with Gasteiger partial charge in [0.25, 0.3) is 5.91 Å². The number of primary amides is 1. The first-order chi connectivity index (χ1) is 9.47. The van der Waals surface area contributed by atoms with Crippen molar-refractivity contribution in [2.24, 2.45) is 5.73 Å². The average molecular weight is 275 g/mol. The Kier molecular flexibility index (Phi) is 4.02. The summed E-state index contributed by atoms with van der Waals surface area (Å²) in [5, 5.41) is 0. The molecule has 1 fully saturated rings. The Morgan fingerprint density at radius 2 is 2.05 bits per heavy atom. The van der Waals surface area contributed by atoms with E-state index in [-0.39, 0.29) is 24.9 Å². The van der Waals surface area contributed by atoms with E-state index in [0.717, 1.165) is 5.56 Å². The quantitative estimate of drug-likeness (QED) is 0.826. The van der Waals surface area contributed by atoms with Crippen LogP contribution in [0.25, 0.3) is 0 Å². The third-order valence-electron chi connectivity index (χ3n) is 3.22. The highest BCUT2D eigenvalue weighted by Crippen LogP contribution is 2.11. The predicted octanol–water partition coefficient (Wildman–Crippen LogP) is -0.235. The second kappa shape index (κ2) is 5.73. The van der Waals surface area contributed by atoms with Crippen molar-refractivity contribution in [2.75, 3.05) is 26.2 Å². The highest BCUT2D eigenvalue weighted by molar-refractivity contribution is 5.97. The highest BCUT2D eigenvalue weighted by atomic mass is 16.2. The van der Waals surface area contributed by atoms with Crippen LogP contribution in [0.2, 0.25) is 0 Å². The van der Waals surface area contributed by atoms with Crippen molar-refractivity contribution in [3.63, 3.8) is 0 Å². The van der Waals surface area contributed by atoms with Crippen LogP contribution in [-0.4, -0.2) is 53.7 Å². The van der Waals surface area contributed by atoms with Gasteiger partial charge >= 0.3 is 0 Å². The normalized spacial score (nSPS) is 15.3. The molecule has 0 atom stereocenters. The van der Waals surface area contributed by atoms with Crippen LogP contribution in [0.5, 0.6) is 0 Å². The van der Waals surface area contributed by atoms with Gasteiger partial charge in [-0.15, -0.1) is 0 Å². The van der Waals surface area contributed by atoms with Gasteiger partial charge in [0.05, 0.1) is 6.54 Å². The Balaban J connectivity index is 2.04. The SMILES string of the molecule is Cc1cccc(C(=O)N2CCN(CC(N)=O)C(=O)C2)c1. The summed E-state index contributed by atoms with van der Waals surface area (Å²) in [7, 11) is 0. The van der Waals surface area contributed by atoms with Crippen molar-refractivity contribution in [1.82, 2.24) is 9.80 Å². The van der Waals surface area contributed by atoms with Gasteiger partial charge < -0.3 is 15.5 Å². The molecule has 6 nitrogen and oxygen atoms in total. The van der Waals surface area contributed by atoms with E-state index in [9.17, 15) is 14.4 Å². The third kappa shape index (κ3) is 3.14. The van der Waals surface area contributed by atoms with Gasteiger partial charge in [-0.05, 0) is 19.1 Å². The van der Waals surface area contributed by atoms with Crippen LogP contribution in [0.4, 0.5) is 0 Å². The number of amides is 3. The van der Waals surface area contributed by atoms with E-state index in [1.807, 2.05) is 19.1 Å². The number of nitrogens with two attached hydrogens (primary N) is 1. The number of rotatable bonds is 3. The predicted molar refractivity (Wildman–Crippen MR) is 72.9 cm³/mol. The number of benzene rings is 1. The van der Waals surface area contributed by atoms with Gasteiger partial charge in [0, 0.05) is 18.7 Å². The zero-order chi connectivity index (χ0) is 14.7. The maximum Gasteiger partial charge on any atom is 0.254 e. The third-order valence-corrected chi connectivity index (χ3v) is 3.22. The molecular formula is C14H17N3O3. The molecule has 0 saturated carbocycles. The summed E-state index contributed by atoms with van der Waals surface area (Å²) in [5.41, 5.74) is 6.64. The molecule has 2 rings (SSSR count). The van der Waals surface area contributed by atoms with E-state index in [4.69, 9.17) is 5.73 Å². The molecule has 3 amide bonds. The Bertz CT molecular complexity index is 556. The molecule has 0 bridgehead atoms. The summed E-state index contributed by atoms with van der Waals surface area (Å²) in [5.74, 6) is -0.964. The first-order valence-electron chi connectivity index (χ1n) is 6.39. The number of carbonyl (C=O) groups is 3. The van der Waals surface area contributed by atoms with Crippen molar-refractivity contribution >= 4 is 17.7 Å². The van der Waals surface area contributed by atoms with Crippen LogP contribution in [0.3, 0.4) is 0 Å². The zero-order valence-electron chi connectivity index (χ0n) is 11.3. The molecule has 0 spiro atoms. The average Bonchev–Trinajstić information content (AvgIpc) is 2.40. The molecule has 6 heteroatoms. The molecule has 0 aliphatic carbocycles. The van der Waals surface area contributed by atoms with Gasteiger partial charge in [0.2, 0.25) is 11.8 Å². The summed E-state index contributed by atoms with van der Waals surface area (Å²) >= 11 is 0. The lowest BCUT2D eigenvalue weighted by molar-refractivity contribution is -0.138. The zero-order valence-corrected chi connectivity index (χ0v) is 11.3. The summed E-state index contributed by atoms with van der Waals surface area (Å²) in [4.78, 5) is 37.9. The number of aryl methyl sites for hydroxylation is 1. The van der Waals surface area contributed by atoms with Crippen LogP contribution < -0.4 is 5.73 Å². The van der Waals surface area contributed by atoms with Gasteiger partial charge in [-0.2, -0.15) is 0 Å². The van der Waals surface area contributed by atoms with Crippen LogP contribution in [0.15, 0.2) is 24.3 Å². The van der Waals surface area contributed by atoms with Crippen LogP contribution in [-0.2, 0) is 9.59 Å². The lowest BCUT2D eigenvalue weighted by Crippen LogP contribution is -2.54. The molecule has 106 valence electrons. The standard InChI is InChI=1S/C14H17N3O3/c1-10-3-2-4-11(7-10)14(20)17-6-5-16(8-12(15)18)13(19)9-17/h2-4,7H,5-6,8-9H2,1H3,(H2,15,18). The van der Waals surface area contributed by atoms with E-state index in [2.05, 4.69) is 0 Å². The van der Waals surface area contributed by atoms with Crippen molar-refractivity contribution in [1.29, 1.82) is 0 Å². The topological polar surface area (TPSA) is 83.7 Å². The van der Waals surface area contributed by atoms with E-state index in [0.29, 0.717) is 18.7 Å². The number of hydrogen-bond donors (Lipinski definition) is 1. The number of nitrogens with zero attached hydrogens (tertiary/aromatic N) is 2. The van der Waals surface area contributed by atoms with Gasteiger partial charge in [-0.25, -0.2) is 0 Å². The summed E-state index contributed by atoms with van der Waals surface area (Å²) < 4.78 is 0. The summed E-state index contributed by atoms with van der Waals surface area (Å²) in [6.45, 7) is 2.54. The van der Waals surface area contributed by atoms with E-state index in [1.165, 1.54) is 9.80 Å². The van der Waals surface area contributed by atoms with Gasteiger partial charge in [0.1, 0.15) is 6.54 Å². The monoisotopic (exact) mass is 275 g/mol. The molecule has 1 aromatic carbocycles. The maximum atomic E-state index is 12.3. The molecule has 1 aliphatic heterocycles. The summed E-state index contributed by atoms with van der Waals surface area (Å²) in [6, 6.07) is 7.25. The van der Waals surface area contributed by atoms with Crippen LogP contribution in [0.1, 0.15) is 15.9 Å². The number of carbonyl (C=O) groups excluding carboxylic acids is 3. The highest BCUT2D eigenvalue weighted by Gasteiger charge is 2.28. The molecule has 0 unspecified atom stereocenters. The summed E-state index contributed by atoms with van der Waals surface area (Å²) in [6.07, 6.45) is 0. The largest absolute Gasteiger partial charge is 0.368 e. The Morgan fingerprint density at radius 1 is 1.30 bits per heavy atom. The molecule has 1 aliphatic rings. The van der Waals surface area contributed by atoms with Crippen LogP contribution >= 0.6 is 0 Å². The molecule has 0 radical (unpaired) electrons. The van der Waals surface area contributed by atoms with E-state index >= 15 is 0 Å². The maximum absolute atomic E-state index is 12.3. The fourth-order valence-electron chi connectivity index (χ4n) is 2.20. The first kappa shape index (κ1) is 14.0. The van der Waals surface area contributed by atoms with Gasteiger partial charge in [-0.3, -0.25) is 14.4 Å². The lowest BCUT2D eigenvalue weighted by Gasteiger charge is -2.33. The van der Waals surface area contributed by atoms with Crippen molar-refractivity contribution in [3.05, 3.63) is 35.4 Å². The molecule has 1 saturated heterocycles. The minimum absolute atomic E-state index is 0.0138. The van der Waals surface area contributed by atoms with Crippen molar-refractivity contribution < 1.29 is 14.4 Å². The molecule has 20 heavy (non-hydrogen) atoms. The minimum atomic E-state index is -0.545. The Hall–Kier alpha value is -2.37. The first-order valence-corrected chi connectivity index (χ1v) is 6.39. The molecule has 1 aromatic rings. The lowest BCUT2D eigenvalue weighted by atomic mass is 10.1. The van der Waals surface area contributed by atoms with Gasteiger partial charge in [0.15, 0.2) is 0 Å². The molecular weight excluding hydrogens is 258 g/mol. The smallest absolute Gasteiger partial charge is 0.254 e. The Morgan fingerprint density at radius 3 is 2.65 bits per heavy atom. The fourth-order valence-corrected chi connectivity index (χ4v) is 2.20. The van der Waals surface area contributed by atoms with Crippen molar-refractivity contribution in [2.45, 2.75) is 6.92 Å². The second-order valence-electron chi connectivity index (χ2n) is 4.88. The Labute approximate surface area is 117 Å². The van der Waals surface area contributed by atoms with E-state index < -0.39 is 5.91 Å². The molecule has 0 aromatic heterocycles. The van der Waals surface area contributed by atoms with Crippen molar-refractivity contribution in [3.8, 4) is 0 Å². The van der Waals surface area contributed by atoms with E-state index in [1.54, 1.807) is 12.1 Å². The fraction of sp³-hybridized carbons (Fsp3) is 0.357. The second-order valence-corrected chi connectivity index (χ2v) is 4.88. The molecule has 1 heterocycles. The number of piperazine rings is 1. The van der Waals surface area contributed by atoms with Gasteiger partial charge in [-0.1, -0.05) is 17.7 Å². The minimum Gasteiger partial charge on any atom is -0.368 e. The number of hydrogen-bond acceptors (Lipinski definition) is 3. The van der Waals surface area contributed by atoms with Crippen LogP contribution in [0, 0.1) is 6.92 Å².